The molecule has 0 radical (unpaired) electrons. The predicted molar refractivity (Wildman–Crippen MR) is 115 cm³/mol. The summed E-state index contributed by atoms with van der Waals surface area (Å²) in [5.41, 5.74) is 1.94. The van der Waals surface area contributed by atoms with E-state index in [-0.39, 0.29) is 18.9 Å². The number of hydrogen-bond donors (Lipinski definition) is 1. The molecule has 0 unspecified atom stereocenters. The molecule has 2 amide bonds. The second-order valence-corrected chi connectivity index (χ2v) is 6.63. The molecule has 2 aromatic rings. The molecule has 7 heteroatoms. The van der Waals surface area contributed by atoms with Crippen LogP contribution in [-0.4, -0.2) is 49.0 Å². The van der Waals surface area contributed by atoms with Crippen LogP contribution >= 0.6 is 0 Å². The van der Waals surface area contributed by atoms with Crippen LogP contribution in [0.3, 0.4) is 0 Å². The zero-order valence-corrected chi connectivity index (χ0v) is 17.6. The number of amides is 2. The number of carbonyl (C=O) groups excluding carboxylic acids is 3. The fraction of sp³-hybridized carbons (Fsp3) is 0.348. The third kappa shape index (κ3) is 6.92. The number of para-hydroxylation sites is 1. The molecule has 0 saturated heterocycles. The van der Waals surface area contributed by atoms with Gasteiger partial charge >= 0.3 is 5.97 Å². The zero-order valence-electron chi connectivity index (χ0n) is 17.6. The molecule has 0 saturated carbocycles. The molecule has 0 heterocycles. The molecule has 2 rings (SSSR count). The largest absolute Gasteiger partial charge is 0.493 e. The number of rotatable bonds is 10. The third-order valence-electron chi connectivity index (χ3n) is 4.47. The molecule has 0 aromatic heterocycles. The van der Waals surface area contributed by atoms with E-state index in [2.05, 4.69) is 5.32 Å². The Kier molecular flexibility index (Phi) is 8.87. The van der Waals surface area contributed by atoms with Crippen LogP contribution in [0.5, 0.6) is 5.75 Å². The van der Waals surface area contributed by atoms with Crippen molar-refractivity contribution >= 4 is 23.5 Å². The average Bonchev–Trinajstić information content (AvgIpc) is 2.74. The van der Waals surface area contributed by atoms with Crippen molar-refractivity contribution in [2.24, 2.45) is 0 Å². The number of nitrogens with zero attached hydrogens (tertiary/aromatic N) is 1. The number of hydrogen-bond acceptors (Lipinski definition) is 5. The lowest BCUT2D eigenvalue weighted by atomic mass is 10.1. The minimum Gasteiger partial charge on any atom is -0.493 e. The average molecular weight is 412 g/mol. The highest BCUT2D eigenvalue weighted by Gasteiger charge is 2.14. The van der Waals surface area contributed by atoms with E-state index in [9.17, 15) is 14.4 Å². The summed E-state index contributed by atoms with van der Waals surface area (Å²) in [6.07, 6.45) is 0.0372. The Morgan fingerprint density at radius 1 is 1.00 bits per heavy atom. The summed E-state index contributed by atoms with van der Waals surface area (Å²) < 4.78 is 10.5. The Balaban J connectivity index is 1.77. The molecular weight excluding hydrogens is 384 g/mol. The van der Waals surface area contributed by atoms with E-state index in [4.69, 9.17) is 9.47 Å². The highest BCUT2D eigenvalue weighted by atomic mass is 16.5. The van der Waals surface area contributed by atoms with E-state index >= 15 is 0 Å². The minimum atomic E-state index is -0.524. The van der Waals surface area contributed by atoms with E-state index in [1.54, 1.807) is 29.2 Å². The van der Waals surface area contributed by atoms with Crippen LogP contribution in [0, 0.1) is 6.92 Å². The fourth-order valence-corrected chi connectivity index (χ4v) is 2.80. The van der Waals surface area contributed by atoms with E-state index in [0.717, 1.165) is 5.56 Å². The van der Waals surface area contributed by atoms with Crippen molar-refractivity contribution in [2.75, 3.05) is 31.6 Å². The molecule has 0 aliphatic heterocycles. The van der Waals surface area contributed by atoms with Crippen LogP contribution in [0.2, 0.25) is 0 Å². The molecule has 0 aliphatic rings. The smallest absolute Gasteiger partial charge is 0.309 e. The first-order chi connectivity index (χ1) is 14.4. The number of anilines is 1. The topological polar surface area (TPSA) is 84.9 Å². The quantitative estimate of drug-likeness (QED) is 0.605. The van der Waals surface area contributed by atoms with Gasteiger partial charge in [0.2, 0.25) is 0 Å². The van der Waals surface area contributed by atoms with Crippen LogP contribution in [0.4, 0.5) is 5.69 Å². The van der Waals surface area contributed by atoms with Crippen LogP contribution in [0.15, 0.2) is 48.5 Å². The predicted octanol–water partition coefficient (Wildman–Crippen LogP) is 3.43. The highest BCUT2D eigenvalue weighted by molar-refractivity contribution is 5.97. The second-order valence-electron chi connectivity index (χ2n) is 6.63. The molecule has 0 spiro atoms. The molecule has 0 atom stereocenters. The molecule has 1 N–H and O–H groups in total. The number of benzene rings is 2. The summed E-state index contributed by atoms with van der Waals surface area (Å²) in [4.78, 5) is 38.0. The van der Waals surface area contributed by atoms with Gasteiger partial charge in [0, 0.05) is 24.3 Å². The van der Waals surface area contributed by atoms with E-state index < -0.39 is 18.5 Å². The lowest BCUT2D eigenvalue weighted by Gasteiger charge is -2.19. The van der Waals surface area contributed by atoms with Crippen LogP contribution in [-0.2, 0) is 14.3 Å². The normalized spacial score (nSPS) is 10.2. The van der Waals surface area contributed by atoms with Gasteiger partial charge in [-0.05, 0) is 50.6 Å². The number of nitrogens with one attached hydrogen (secondary N) is 1. The first-order valence-electron chi connectivity index (χ1n) is 9.97. The molecule has 30 heavy (non-hydrogen) atoms. The monoisotopic (exact) mass is 412 g/mol. The number of ether oxygens (including phenoxy) is 2. The van der Waals surface area contributed by atoms with Gasteiger partial charge in [0.25, 0.3) is 11.8 Å². The second kappa shape index (κ2) is 11.6. The van der Waals surface area contributed by atoms with Gasteiger partial charge in [0.15, 0.2) is 6.61 Å². The Labute approximate surface area is 177 Å². The van der Waals surface area contributed by atoms with Gasteiger partial charge in [0.1, 0.15) is 5.75 Å². The Bertz CT molecular complexity index is 877. The van der Waals surface area contributed by atoms with Gasteiger partial charge in [-0.2, -0.15) is 0 Å². The van der Waals surface area contributed by atoms with Crippen LogP contribution in [0.1, 0.15) is 36.2 Å². The maximum atomic E-state index is 12.4. The first-order valence-corrected chi connectivity index (χ1v) is 9.97. The van der Waals surface area contributed by atoms with Crippen LogP contribution in [0.25, 0.3) is 0 Å². The van der Waals surface area contributed by atoms with Crippen molar-refractivity contribution in [3.05, 3.63) is 59.7 Å². The summed E-state index contributed by atoms with van der Waals surface area (Å²) in [5, 5.41) is 2.64. The van der Waals surface area contributed by atoms with E-state index in [0.29, 0.717) is 30.1 Å². The van der Waals surface area contributed by atoms with Crippen molar-refractivity contribution in [1.29, 1.82) is 0 Å². The highest BCUT2D eigenvalue weighted by Crippen LogP contribution is 2.16. The third-order valence-corrected chi connectivity index (χ3v) is 4.47. The van der Waals surface area contributed by atoms with Crippen LogP contribution < -0.4 is 10.1 Å². The Morgan fingerprint density at radius 2 is 1.73 bits per heavy atom. The lowest BCUT2D eigenvalue weighted by Crippen LogP contribution is -2.30. The summed E-state index contributed by atoms with van der Waals surface area (Å²) in [7, 11) is 0. The molecule has 0 bridgehead atoms. The van der Waals surface area contributed by atoms with E-state index in [1.807, 2.05) is 45.0 Å². The zero-order chi connectivity index (χ0) is 21.9. The molecule has 0 fully saturated rings. The van der Waals surface area contributed by atoms with Gasteiger partial charge in [-0.3, -0.25) is 14.4 Å². The number of esters is 1. The standard InChI is InChI=1S/C23H28N2O5/c1-4-25(5-2)23(28)18-10-8-11-19(15-18)24-21(26)16-30-22(27)13-14-29-20-12-7-6-9-17(20)3/h6-12,15H,4-5,13-14,16H2,1-3H3,(H,24,26). The van der Waals surface area contributed by atoms with Crippen molar-refractivity contribution in [1.82, 2.24) is 4.90 Å². The summed E-state index contributed by atoms with van der Waals surface area (Å²) in [6, 6.07) is 14.2. The first kappa shape index (κ1) is 22.9. The van der Waals surface area contributed by atoms with Gasteiger partial charge < -0.3 is 19.7 Å². The molecule has 2 aromatic carbocycles. The number of aryl methyl sites for hydroxylation is 1. The molecule has 7 nitrogen and oxygen atoms in total. The lowest BCUT2D eigenvalue weighted by molar-refractivity contribution is -0.147. The summed E-state index contributed by atoms with van der Waals surface area (Å²) in [5.74, 6) is -0.391. The van der Waals surface area contributed by atoms with Crippen molar-refractivity contribution < 1.29 is 23.9 Å². The van der Waals surface area contributed by atoms with Crippen molar-refractivity contribution in [3.8, 4) is 5.75 Å². The molecular formula is C23H28N2O5. The summed E-state index contributed by atoms with van der Waals surface area (Å²) in [6.45, 7) is 6.71. The maximum absolute atomic E-state index is 12.4. The van der Waals surface area contributed by atoms with Gasteiger partial charge in [0.05, 0.1) is 13.0 Å². The maximum Gasteiger partial charge on any atom is 0.309 e. The molecule has 0 aliphatic carbocycles. The fourth-order valence-electron chi connectivity index (χ4n) is 2.80. The summed E-state index contributed by atoms with van der Waals surface area (Å²) >= 11 is 0. The van der Waals surface area contributed by atoms with Gasteiger partial charge in [-0.1, -0.05) is 24.3 Å². The number of carbonyl (C=O) groups is 3. The van der Waals surface area contributed by atoms with Crippen molar-refractivity contribution in [3.63, 3.8) is 0 Å². The van der Waals surface area contributed by atoms with Gasteiger partial charge in [-0.15, -0.1) is 0 Å². The molecule has 160 valence electrons. The van der Waals surface area contributed by atoms with E-state index in [1.165, 1.54) is 0 Å². The Morgan fingerprint density at radius 3 is 2.43 bits per heavy atom. The minimum absolute atomic E-state index is 0.0372. The van der Waals surface area contributed by atoms with Crippen molar-refractivity contribution in [2.45, 2.75) is 27.2 Å². The SMILES string of the molecule is CCN(CC)C(=O)c1cccc(NC(=O)COC(=O)CCOc2ccccc2C)c1. The Hall–Kier alpha value is -3.35. The van der Waals surface area contributed by atoms with Gasteiger partial charge in [-0.25, -0.2) is 0 Å².